The summed E-state index contributed by atoms with van der Waals surface area (Å²) in [6, 6.07) is -0.917. The van der Waals surface area contributed by atoms with Gasteiger partial charge in [0.15, 0.2) is 0 Å². The van der Waals surface area contributed by atoms with Gasteiger partial charge in [-0.2, -0.15) is 0 Å². The van der Waals surface area contributed by atoms with Crippen molar-refractivity contribution in [1.29, 1.82) is 0 Å². The summed E-state index contributed by atoms with van der Waals surface area (Å²) in [6.07, 6.45) is 5.90. The minimum Gasteiger partial charge on any atom is -0.480 e. The van der Waals surface area contributed by atoms with Crippen molar-refractivity contribution < 1.29 is 19.4 Å². The van der Waals surface area contributed by atoms with Gasteiger partial charge in [0, 0.05) is 0 Å². The van der Waals surface area contributed by atoms with E-state index in [1.165, 1.54) is 0 Å². The van der Waals surface area contributed by atoms with Crippen LogP contribution in [0.3, 0.4) is 0 Å². The van der Waals surface area contributed by atoms with E-state index in [0.29, 0.717) is 6.42 Å². The summed E-state index contributed by atoms with van der Waals surface area (Å²) in [6.45, 7) is 5.23. The summed E-state index contributed by atoms with van der Waals surface area (Å²) in [5, 5.41) is 11.6. The third-order valence-corrected chi connectivity index (χ3v) is 2.84. The summed E-state index contributed by atoms with van der Waals surface area (Å²) in [5.74, 6) is -1.03. The Kier molecular flexibility index (Phi) is 5.39. The Bertz CT molecular complexity index is 368. The second-order valence-corrected chi connectivity index (χ2v) is 5.85. The maximum Gasteiger partial charge on any atom is 0.408 e. The molecule has 0 radical (unpaired) electrons. The smallest absolute Gasteiger partial charge is 0.408 e. The molecule has 5 heteroatoms. The van der Waals surface area contributed by atoms with Crippen molar-refractivity contribution >= 4 is 12.1 Å². The number of carboxylic acid groups (broad SMARTS) is 1. The van der Waals surface area contributed by atoms with Gasteiger partial charge in [0.25, 0.3) is 0 Å². The molecular formula is C14H23NO4. The van der Waals surface area contributed by atoms with Crippen LogP contribution in [-0.4, -0.2) is 28.8 Å². The molecule has 0 heterocycles. The molecule has 0 saturated heterocycles. The zero-order valence-electron chi connectivity index (χ0n) is 11.9. The Morgan fingerprint density at radius 3 is 2.58 bits per heavy atom. The van der Waals surface area contributed by atoms with E-state index in [0.717, 1.165) is 31.3 Å². The van der Waals surface area contributed by atoms with Crippen LogP contribution in [0.1, 0.15) is 52.9 Å². The van der Waals surface area contributed by atoms with Crippen molar-refractivity contribution in [2.45, 2.75) is 64.5 Å². The van der Waals surface area contributed by atoms with Gasteiger partial charge in [-0.15, -0.1) is 0 Å². The van der Waals surface area contributed by atoms with Crippen molar-refractivity contribution in [3.05, 3.63) is 11.6 Å². The van der Waals surface area contributed by atoms with E-state index < -0.39 is 23.7 Å². The van der Waals surface area contributed by atoms with E-state index in [-0.39, 0.29) is 0 Å². The van der Waals surface area contributed by atoms with Gasteiger partial charge in [-0.3, -0.25) is 0 Å². The molecule has 0 fully saturated rings. The number of allylic oxidation sites excluding steroid dienone is 1. The third kappa shape index (κ3) is 6.27. The molecule has 0 spiro atoms. The highest BCUT2D eigenvalue weighted by Crippen LogP contribution is 2.21. The van der Waals surface area contributed by atoms with Gasteiger partial charge in [0.1, 0.15) is 11.6 Å². The van der Waals surface area contributed by atoms with E-state index in [2.05, 4.69) is 11.4 Å². The van der Waals surface area contributed by atoms with Gasteiger partial charge in [-0.25, -0.2) is 9.59 Å². The number of hydrogen-bond donors (Lipinski definition) is 2. The van der Waals surface area contributed by atoms with E-state index >= 15 is 0 Å². The Morgan fingerprint density at radius 2 is 2.11 bits per heavy atom. The molecule has 1 aliphatic rings. The summed E-state index contributed by atoms with van der Waals surface area (Å²) in [7, 11) is 0. The molecule has 1 atom stereocenters. The highest BCUT2D eigenvalue weighted by atomic mass is 16.6. The van der Waals surface area contributed by atoms with Crippen molar-refractivity contribution in [1.82, 2.24) is 5.32 Å². The second kappa shape index (κ2) is 6.59. The monoisotopic (exact) mass is 269 g/mol. The zero-order chi connectivity index (χ0) is 14.5. The number of nitrogens with one attached hydrogen (secondary N) is 1. The fourth-order valence-corrected chi connectivity index (χ4v) is 2.00. The van der Waals surface area contributed by atoms with Crippen LogP contribution in [0, 0.1) is 0 Å². The highest BCUT2D eigenvalue weighted by Gasteiger charge is 2.25. The average molecular weight is 269 g/mol. The Balaban J connectivity index is 2.55. The number of amides is 1. The van der Waals surface area contributed by atoms with E-state index in [1.807, 2.05) is 0 Å². The molecule has 0 saturated carbocycles. The molecule has 19 heavy (non-hydrogen) atoms. The molecule has 0 aromatic carbocycles. The number of rotatable bonds is 4. The predicted molar refractivity (Wildman–Crippen MR) is 72.0 cm³/mol. The molecule has 0 bridgehead atoms. The normalized spacial score (nSPS) is 17.3. The number of carboxylic acids is 1. The van der Waals surface area contributed by atoms with Crippen LogP contribution < -0.4 is 5.32 Å². The van der Waals surface area contributed by atoms with Gasteiger partial charge in [0.05, 0.1) is 0 Å². The number of carbonyl (C=O) groups is 2. The van der Waals surface area contributed by atoms with Gasteiger partial charge in [-0.1, -0.05) is 11.6 Å². The summed E-state index contributed by atoms with van der Waals surface area (Å²) in [4.78, 5) is 22.8. The van der Waals surface area contributed by atoms with Crippen molar-refractivity contribution in [2.75, 3.05) is 0 Å². The topological polar surface area (TPSA) is 75.6 Å². The molecule has 1 amide bonds. The van der Waals surface area contributed by atoms with Crippen LogP contribution in [0.5, 0.6) is 0 Å². The Hall–Kier alpha value is -1.52. The lowest BCUT2D eigenvalue weighted by atomic mass is 9.94. The molecule has 0 aliphatic heterocycles. The standard InChI is InChI=1S/C14H23NO4/c1-14(2,3)19-13(18)15-11(12(16)17)9-10-7-5-4-6-8-10/h7,11H,4-6,8-9H2,1-3H3,(H,15,18)(H,16,17)/t11-/m0/s1. The lowest BCUT2D eigenvalue weighted by molar-refractivity contribution is -0.139. The molecular weight excluding hydrogens is 246 g/mol. The van der Waals surface area contributed by atoms with Gasteiger partial charge < -0.3 is 15.2 Å². The van der Waals surface area contributed by atoms with Crippen LogP contribution in [0.15, 0.2) is 11.6 Å². The molecule has 1 rings (SSSR count). The van der Waals surface area contributed by atoms with Gasteiger partial charge >= 0.3 is 12.1 Å². The Labute approximate surface area is 114 Å². The SMILES string of the molecule is CC(C)(C)OC(=O)N[C@@H](CC1=CCCCC1)C(=O)O. The molecule has 0 aromatic heterocycles. The largest absolute Gasteiger partial charge is 0.480 e. The molecule has 1 aliphatic carbocycles. The number of aliphatic carboxylic acids is 1. The first kappa shape index (κ1) is 15.5. The first-order chi connectivity index (χ1) is 8.78. The number of hydrogen-bond acceptors (Lipinski definition) is 3. The maximum absolute atomic E-state index is 11.6. The van der Waals surface area contributed by atoms with Crippen LogP contribution in [0.25, 0.3) is 0 Å². The first-order valence-electron chi connectivity index (χ1n) is 6.68. The van der Waals surface area contributed by atoms with Gasteiger partial charge in [-0.05, 0) is 52.9 Å². The summed E-state index contributed by atoms with van der Waals surface area (Å²) in [5.41, 5.74) is 0.478. The highest BCUT2D eigenvalue weighted by molar-refractivity contribution is 5.80. The lowest BCUT2D eigenvalue weighted by Crippen LogP contribution is -2.43. The van der Waals surface area contributed by atoms with Crippen LogP contribution in [-0.2, 0) is 9.53 Å². The molecule has 108 valence electrons. The van der Waals surface area contributed by atoms with Crippen LogP contribution in [0.2, 0.25) is 0 Å². The molecule has 0 aromatic rings. The quantitative estimate of drug-likeness (QED) is 0.769. The zero-order valence-corrected chi connectivity index (χ0v) is 11.9. The predicted octanol–water partition coefficient (Wildman–Crippen LogP) is 2.85. The molecule has 5 nitrogen and oxygen atoms in total. The molecule has 2 N–H and O–H groups in total. The first-order valence-corrected chi connectivity index (χ1v) is 6.68. The fraction of sp³-hybridized carbons (Fsp3) is 0.714. The summed E-state index contributed by atoms with van der Waals surface area (Å²) >= 11 is 0. The van der Waals surface area contributed by atoms with Gasteiger partial charge in [0.2, 0.25) is 0 Å². The van der Waals surface area contributed by atoms with E-state index in [4.69, 9.17) is 9.84 Å². The number of alkyl carbamates (subject to hydrolysis) is 1. The minimum absolute atomic E-state index is 0.356. The van der Waals surface area contributed by atoms with E-state index in [1.54, 1.807) is 20.8 Å². The third-order valence-electron chi connectivity index (χ3n) is 2.84. The lowest BCUT2D eigenvalue weighted by Gasteiger charge is -2.23. The second-order valence-electron chi connectivity index (χ2n) is 5.85. The molecule has 0 unspecified atom stereocenters. The number of carbonyl (C=O) groups excluding carboxylic acids is 1. The van der Waals surface area contributed by atoms with Crippen LogP contribution in [0.4, 0.5) is 4.79 Å². The fourth-order valence-electron chi connectivity index (χ4n) is 2.00. The van der Waals surface area contributed by atoms with Crippen molar-refractivity contribution in [3.8, 4) is 0 Å². The minimum atomic E-state index is -1.03. The average Bonchev–Trinajstić information content (AvgIpc) is 2.26. The van der Waals surface area contributed by atoms with E-state index in [9.17, 15) is 9.59 Å². The summed E-state index contributed by atoms with van der Waals surface area (Å²) < 4.78 is 5.07. The maximum atomic E-state index is 11.6. The number of ether oxygens (including phenoxy) is 1. The van der Waals surface area contributed by atoms with Crippen molar-refractivity contribution in [3.63, 3.8) is 0 Å². The van der Waals surface area contributed by atoms with Crippen LogP contribution >= 0.6 is 0 Å². The Morgan fingerprint density at radius 1 is 1.42 bits per heavy atom. The van der Waals surface area contributed by atoms with Crippen molar-refractivity contribution in [2.24, 2.45) is 0 Å².